The standard InChI is InChI=1S/C74H130N2O11/c1-5-8-11-14-17-20-23-26-29-32-35-38-41-44-47-50-54-82-66-58-64(73(80)85-57-53-70(78)87-65-60-69(86-68(65)62-77)76-61-63(4)72(79)75-74(76)81)59-67(83-55-51-48-45-42-39-36-33-30-27-24-21-18-15-12-9-6-2)71(66)84-56-52-49-46-43-40-37-34-31-28-25-22-19-16-13-10-7-3/h58-59,61,65,68-69,77H,5-57,60,62H2,1-4H3,(H,75,79,81)/t65-,68+,69+/m0/s1. The third kappa shape index (κ3) is 38.5. The summed E-state index contributed by atoms with van der Waals surface area (Å²) in [6.07, 6.45) is 60.6. The second-order valence-corrected chi connectivity index (χ2v) is 25.7. The minimum atomic E-state index is -0.888. The zero-order valence-corrected chi connectivity index (χ0v) is 56.3. The number of benzene rings is 1. The molecule has 1 aromatic heterocycles. The van der Waals surface area contributed by atoms with E-state index in [-0.39, 0.29) is 25.0 Å². The lowest BCUT2D eigenvalue weighted by Gasteiger charge is -2.19. The first-order valence-corrected chi connectivity index (χ1v) is 36.7. The number of unbranched alkanes of at least 4 members (excludes halogenated alkanes) is 45. The third-order valence-electron chi connectivity index (χ3n) is 17.7. The number of aryl methyl sites for hydroxylation is 1. The highest BCUT2D eigenvalue weighted by molar-refractivity contribution is 5.91. The number of carbonyl (C=O) groups excluding carboxylic acids is 2. The summed E-state index contributed by atoms with van der Waals surface area (Å²) in [6.45, 7) is 9.19. The number of hydrogen-bond donors (Lipinski definition) is 2. The number of H-pyrrole nitrogens is 1. The maximum absolute atomic E-state index is 13.9. The van der Waals surface area contributed by atoms with Crippen molar-refractivity contribution in [2.75, 3.05) is 33.0 Å². The number of aliphatic hydroxyl groups excluding tert-OH is 1. The van der Waals surface area contributed by atoms with Gasteiger partial charge in [-0.3, -0.25) is 19.1 Å². The van der Waals surface area contributed by atoms with Crippen molar-refractivity contribution >= 4 is 11.9 Å². The van der Waals surface area contributed by atoms with Crippen LogP contribution in [0.5, 0.6) is 17.2 Å². The lowest BCUT2D eigenvalue weighted by atomic mass is 10.0. The fourth-order valence-corrected chi connectivity index (χ4v) is 12.0. The molecule has 2 heterocycles. The molecule has 0 aliphatic carbocycles. The summed E-state index contributed by atoms with van der Waals surface area (Å²) in [4.78, 5) is 53.9. The number of aromatic nitrogens is 2. The minimum absolute atomic E-state index is 0.0838. The normalized spacial score (nSPS) is 14.9. The van der Waals surface area contributed by atoms with Crippen molar-refractivity contribution in [1.82, 2.24) is 9.55 Å². The number of ether oxygens (including phenoxy) is 6. The maximum atomic E-state index is 13.9. The van der Waals surface area contributed by atoms with E-state index in [1.807, 2.05) is 0 Å². The van der Waals surface area contributed by atoms with Crippen LogP contribution in [0.25, 0.3) is 0 Å². The number of rotatable bonds is 61. The Morgan fingerprint density at radius 3 is 1.17 bits per heavy atom. The molecule has 0 amide bonds. The molecule has 0 radical (unpaired) electrons. The van der Waals surface area contributed by atoms with Gasteiger partial charge in [-0.25, -0.2) is 9.59 Å². The first-order valence-electron chi connectivity index (χ1n) is 36.7. The molecule has 2 aromatic rings. The smallest absolute Gasteiger partial charge is 0.338 e. The number of nitrogens with zero attached hydrogens (tertiary/aromatic N) is 1. The Morgan fingerprint density at radius 2 is 0.828 bits per heavy atom. The molecule has 0 saturated carbocycles. The average Bonchev–Trinajstić information content (AvgIpc) is 2.71. The Hall–Kier alpha value is -3.84. The quantitative estimate of drug-likeness (QED) is 0.0478. The molecule has 0 spiro atoms. The van der Waals surface area contributed by atoms with Gasteiger partial charge >= 0.3 is 17.6 Å². The van der Waals surface area contributed by atoms with E-state index in [4.69, 9.17) is 28.4 Å². The van der Waals surface area contributed by atoms with E-state index < -0.39 is 48.2 Å². The Labute approximate surface area is 530 Å². The molecule has 13 heteroatoms. The Kier molecular flexibility index (Phi) is 48.0. The molecule has 502 valence electrons. The van der Waals surface area contributed by atoms with Crippen molar-refractivity contribution < 1.29 is 43.1 Å². The number of nitrogens with one attached hydrogen (secondary N) is 1. The van der Waals surface area contributed by atoms with Crippen LogP contribution >= 0.6 is 0 Å². The molecular formula is C74H130N2O11. The number of aliphatic hydroxyl groups is 1. The average molecular weight is 1220 g/mol. The van der Waals surface area contributed by atoms with Crippen LogP contribution in [0.2, 0.25) is 0 Å². The number of esters is 2. The number of hydrogen-bond acceptors (Lipinski definition) is 11. The molecule has 87 heavy (non-hydrogen) atoms. The van der Waals surface area contributed by atoms with Gasteiger partial charge in [-0.15, -0.1) is 0 Å². The lowest BCUT2D eigenvalue weighted by Crippen LogP contribution is -2.33. The van der Waals surface area contributed by atoms with Crippen molar-refractivity contribution in [2.45, 2.75) is 367 Å². The Bertz CT molecular complexity index is 2030. The van der Waals surface area contributed by atoms with E-state index in [1.54, 1.807) is 19.1 Å². The Balaban J connectivity index is 1.59. The minimum Gasteiger partial charge on any atom is -0.490 e. The van der Waals surface area contributed by atoms with Crippen molar-refractivity contribution in [3.05, 3.63) is 50.3 Å². The molecule has 1 aliphatic rings. The van der Waals surface area contributed by atoms with Crippen LogP contribution < -0.4 is 25.5 Å². The maximum Gasteiger partial charge on any atom is 0.338 e. The van der Waals surface area contributed by atoms with Gasteiger partial charge in [0.25, 0.3) is 5.56 Å². The second-order valence-electron chi connectivity index (χ2n) is 25.7. The molecule has 13 nitrogen and oxygen atoms in total. The summed E-state index contributed by atoms with van der Waals surface area (Å²) in [5, 5.41) is 10.1. The molecule has 2 N–H and O–H groups in total. The molecular weight excluding hydrogens is 1090 g/mol. The number of carbonyl (C=O) groups is 2. The van der Waals surface area contributed by atoms with Gasteiger partial charge in [-0.2, -0.15) is 0 Å². The van der Waals surface area contributed by atoms with Crippen molar-refractivity contribution in [2.24, 2.45) is 0 Å². The van der Waals surface area contributed by atoms with E-state index in [0.717, 1.165) is 51.4 Å². The van der Waals surface area contributed by atoms with E-state index in [1.165, 1.54) is 268 Å². The van der Waals surface area contributed by atoms with Crippen molar-refractivity contribution in [1.29, 1.82) is 0 Å². The first kappa shape index (κ1) is 77.4. The molecule has 3 atom stereocenters. The van der Waals surface area contributed by atoms with Crippen LogP contribution in [0.1, 0.15) is 364 Å². The van der Waals surface area contributed by atoms with Crippen LogP contribution in [0, 0.1) is 6.92 Å². The highest BCUT2D eigenvalue weighted by Crippen LogP contribution is 2.40. The fraction of sp³-hybridized carbons (Fsp3) is 0.838. The SMILES string of the molecule is CCCCCCCCCCCCCCCCCCOc1cc(C(=O)OCCC(=O)O[C@H]2C[C@H](n3cc(C)c(=O)[nH]c3=O)O[C@@H]2CO)cc(OCCCCCCCCCCCCCCCCCC)c1OCCCCCCCCCCCCCCCCCC. The number of aromatic amines is 1. The van der Waals surface area contributed by atoms with Gasteiger partial charge in [-0.05, 0) is 38.3 Å². The van der Waals surface area contributed by atoms with E-state index >= 15 is 0 Å². The largest absolute Gasteiger partial charge is 0.490 e. The molecule has 1 aromatic carbocycles. The zero-order chi connectivity index (χ0) is 62.5. The summed E-state index contributed by atoms with van der Waals surface area (Å²) in [5.74, 6) is 0.177. The third-order valence-corrected chi connectivity index (χ3v) is 17.7. The summed E-state index contributed by atoms with van der Waals surface area (Å²) >= 11 is 0. The molecule has 1 saturated heterocycles. The topological polar surface area (TPSA) is 165 Å². The van der Waals surface area contributed by atoms with Gasteiger partial charge < -0.3 is 33.5 Å². The monoisotopic (exact) mass is 1220 g/mol. The predicted molar refractivity (Wildman–Crippen MR) is 358 cm³/mol. The summed E-state index contributed by atoms with van der Waals surface area (Å²) in [5.41, 5.74) is -0.601. The molecule has 3 rings (SSSR count). The van der Waals surface area contributed by atoms with E-state index in [9.17, 15) is 24.3 Å². The molecule has 0 bridgehead atoms. The van der Waals surface area contributed by atoms with Crippen LogP contribution in [-0.4, -0.2) is 71.8 Å². The van der Waals surface area contributed by atoms with Crippen LogP contribution in [0.3, 0.4) is 0 Å². The lowest BCUT2D eigenvalue weighted by molar-refractivity contribution is -0.153. The zero-order valence-electron chi connectivity index (χ0n) is 56.3. The van der Waals surface area contributed by atoms with Crippen LogP contribution in [0.4, 0.5) is 0 Å². The molecule has 1 aliphatic heterocycles. The summed E-state index contributed by atoms with van der Waals surface area (Å²) in [6, 6.07) is 3.39. The second kappa shape index (κ2) is 53.9. The fourth-order valence-electron chi connectivity index (χ4n) is 12.0. The van der Waals surface area contributed by atoms with Gasteiger partial charge in [0, 0.05) is 18.2 Å². The van der Waals surface area contributed by atoms with Crippen LogP contribution in [0.15, 0.2) is 27.9 Å². The van der Waals surface area contributed by atoms with Crippen molar-refractivity contribution in [3.8, 4) is 17.2 Å². The van der Waals surface area contributed by atoms with Gasteiger partial charge in [0.2, 0.25) is 5.75 Å². The van der Waals surface area contributed by atoms with Crippen LogP contribution in [-0.2, 0) is 19.0 Å². The van der Waals surface area contributed by atoms with Gasteiger partial charge in [0.05, 0.1) is 38.4 Å². The van der Waals surface area contributed by atoms with Gasteiger partial charge in [-0.1, -0.05) is 310 Å². The van der Waals surface area contributed by atoms with E-state index in [2.05, 4.69) is 25.8 Å². The predicted octanol–water partition coefficient (Wildman–Crippen LogP) is 20.2. The highest BCUT2D eigenvalue weighted by Gasteiger charge is 2.39. The molecule has 0 unspecified atom stereocenters. The summed E-state index contributed by atoms with van der Waals surface area (Å²) < 4.78 is 38.2. The van der Waals surface area contributed by atoms with Gasteiger partial charge in [0.1, 0.15) is 25.0 Å². The Morgan fingerprint density at radius 1 is 0.494 bits per heavy atom. The first-order chi connectivity index (χ1) is 42.7. The molecule has 1 fully saturated rings. The van der Waals surface area contributed by atoms with E-state index in [0.29, 0.717) is 42.6 Å². The van der Waals surface area contributed by atoms with Crippen molar-refractivity contribution in [3.63, 3.8) is 0 Å². The van der Waals surface area contributed by atoms with Gasteiger partial charge in [0.15, 0.2) is 11.5 Å². The highest BCUT2D eigenvalue weighted by atomic mass is 16.6. The summed E-state index contributed by atoms with van der Waals surface area (Å²) in [7, 11) is 0.